The lowest BCUT2D eigenvalue weighted by molar-refractivity contribution is -0.118. The molecule has 0 radical (unpaired) electrons. The molecule has 0 spiro atoms. The Morgan fingerprint density at radius 2 is 1.67 bits per heavy atom. The average Bonchev–Trinajstić information content (AvgIpc) is 2.79. The first-order valence-electron chi connectivity index (χ1n) is 9.57. The third-order valence-electron chi connectivity index (χ3n) is 4.37. The van der Waals surface area contributed by atoms with Crippen LogP contribution in [0.4, 0.5) is 5.69 Å². The lowest BCUT2D eigenvalue weighted by Crippen LogP contribution is -2.24. The molecule has 0 aliphatic heterocycles. The lowest BCUT2D eigenvalue weighted by atomic mass is 10.1. The van der Waals surface area contributed by atoms with Gasteiger partial charge in [0.15, 0.2) is 0 Å². The molecule has 0 atom stereocenters. The van der Waals surface area contributed by atoms with Crippen LogP contribution in [0.1, 0.15) is 21.5 Å². The Hall–Kier alpha value is -3.25. The van der Waals surface area contributed by atoms with Gasteiger partial charge in [0.1, 0.15) is 5.75 Å². The van der Waals surface area contributed by atoms with Crippen LogP contribution in [-0.2, 0) is 17.1 Å². The molecule has 3 aromatic rings. The number of thioether (sulfide) groups is 1. The number of benzene rings is 3. The van der Waals surface area contributed by atoms with Crippen LogP contribution in [0.2, 0.25) is 0 Å². The molecule has 154 valence electrons. The van der Waals surface area contributed by atoms with E-state index in [-0.39, 0.29) is 11.8 Å². The summed E-state index contributed by atoms with van der Waals surface area (Å²) in [6, 6.07) is 24.4. The molecule has 5 nitrogen and oxygen atoms in total. The van der Waals surface area contributed by atoms with Crippen molar-refractivity contribution in [1.29, 1.82) is 0 Å². The molecule has 0 fully saturated rings. The summed E-state index contributed by atoms with van der Waals surface area (Å²) in [5, 5.41) is 5.78. The Morgan fingerprint density at radius 3 is 2.40 bits per heavy atom. The van der Waals surface area contributed by atoms with Gasteiger partial charge in [-0.3, -0.25) is 9.59 Å². The number of anilines is 1. The van der Waals surface area contributed by atoms with Crippen molar-refractivity contribution in [2.75, 3.05) is 18.2 Å². The van der Waals surface area contributed by atoms with Crippen LogP contribution >= 0.6 is 11.8 Å². The van der Waals surface area contributed by atoms with Crippen LogP contribution in [0.3, 0.4) is 0 Å². The molecule has 0 aliphatic carbocycles. The van der Waals surface area contributed by atoms with E-state index in [0.717, 1.165) is 22.6 Å². The fraction of sp³-hybridized carbons (Fsp3) is 0.167. The number of carbonyl (C=O) groups is 2. The van der Waals surface area contributed by atoms with E-state index in [1.165, 1.54) is 11.8 Å². The first-order valence-corrected chi connectivity index (χ1v) is 10.7. The summed E-state index contributed by atoms with van der Waals surface area (Å²) in [5.74, 6) is 1.70. The van der Waals surface area contributed by atoms with Crippen LogP contribution < -0.4 is 15.4 Å². The van der Waals surface area contributed by atoms with Gasteiger partial charge in [-0.2, -0.15) is 0 Å². The van der Waals surface area contributed by atoms with E-state index < -0.39 is 0 Å². The van der Waals surface area contributed by atoms with Crippen molar-refractivity contribution in [3.8, 4) is 5.75 Å². The molecular weight excluding hydrogens is 396 g/mol. The van der Waals surface area contributed by atoms with E-state index in [9.17, 15) is 9.59 Å². The Balaban J connectivity index is 1.40. The summed E-state index contributed by atoms with van der Waals surface area (Å²) < 4.78 is 5.19. The average molecular weight is 421 g/mol. The van der Waals surface area contributed by atoms with Crippen molar-refractivity contribution in [3.05, 3.63) is 95.6 Å². The molecule has 0 aromatic heterocycles. The molecule has 2 amide bonds. The number of hydrogen-bond acceptors (Lipinski definition) is 4. The lowest BCUT2D eigenvalue weighted by Gasteiger charge is -2.08. The van der Waals surface area contributed by atoms with Crippen LogP contribution in [-0.4, -0.2) is 24.7 Å². The van der Waals surface area contributed by atoms with Gasteiger partial charge >= 0.3 is 0 Å². The molecule has 0 bridgehead atoms. The van der Waals surface area contributed by atoms with E-state index in [0.29, 0.717) is 23.6 Å². The van der Waals surface area contributed by atoms with Gasteiger partial charge in [-0.1, -0.05) is 42.5 Å². The molecule has 30 heavy (non-hydrogen) atoms. The van der Waals surface area contributed by atoms with Crippen LogP contribution in [0.15, 0.2) is 78.9 Å². The summed E-state index contributed by atoms with van der Waals surface area (Å²) in [6.07, 6.45) is 0. The SMILES string of the molecule is COc1cccc(CNC(=O)CSCc2ccc(C(=O)Nc3ccccc3)cc2)c1. The predicted molar refractivity (Wildman–Crippen MR) is 122 cm³/mol. The summed E-state index contributed by atoms with van der Waals surface area (Å²) in [4.78, 5) is 24.3. The Morgan fingerprint density at radius 1 is 0.900 bits per heavy atom. The molecule has 0 aliphatic rings. The molecule has 2 N–H and O–H groups in total. The van der Waals surface area contributed by atoms with E-state index in [2.05, 4.69) is 10.6 Å². The zero-order chi connectivity index (χ0) is 21.2. The van der Waals surface area contributed by atoms with Gasteiger partial charge in [0.2, 0.25) is 5.91 Å². The third-order valence-corrected chi connectivity index (χ3v) is 5.38. The Kier molecular flexibility index (Phi) is 7.92. The quantitative estimate of drug-likeness (QED) is 0.535. The van der Waals surface area contributed by atoms with Crippen LogP contribution in [0.5, 0.6) is 5.75 Å². The number of para-hydroxylation sites is 1. The van der Waals surface area contributed by atoms with Crippen molar-refractivity contribution in [2.24, 2.45) is 0 Å². The van der Waals surface area contributed by atoms with Crippen molar-refractivity contribution in [1.82, 2.24) is 5.32 Å². The van der Waals surface area contributed by atoms with Gasteiger partial charge in [-0.15, -0.1) is 11.8 Å². The minimum Gasteiger partial charge on any atom is -0.497 e. The number of ether oxygens (including phenoxy) is 1. The highest BCUT2D eigenvalue weighted by Crippen LogP contribution is 2.15. The number of rotatable bonds is 9. The van der Waals surface area contributed by atoms with E-state index in [1.807, 2.05) is 66.7 Å². The minimum atomic E-state index is -0.141. The molecule has 6 heteroatoms. The highest BCUT2D eigenvalue weighted by atomic mass is 32.2. The van der Waals surface area contributed by atoms with Crippen molar-refractivity contribution in [3.63, 3.8) is 0 Å². The maximum atomic E-state index is 12.3. The topological polar surface area (TPSA) is 67.4 Å². The number of carbonyl (C=O) groups excluding carboxylic acids is 2. The fourth-order valence-electron chi connectivity index (χ4n) is 2.77. The fourth-order valence-corrected chi connectivity index (χ4v) is 3.59. The van der Waals surface area contributed by atoms with Gasteiger partial charge in [-0.25, -0.2) is 0 Å². The summed E-state index contributed by atoms with van der Waals surface area (Å²) in [7, 11) is 1.62. The van der Waals surface area contributed by atoms with Gasteiger partial charge in [0.05, 0.1) is 12.9 Å². The monoisotopic (exact) mass is 420 g/mol. The zero-order valence-corrected chi connectivity index (χ0v) is 17.6. The third kappa shape index (κ3) is 6.67. The Labute approximate surface area is 180 Å². The van der Waals surface area contributed by atoms with E-state index in [4.69, 9.17) is 4.74 Å². The number of amides is 2. The Bertz CT molecular complexity index is 975. The summed E-state index contributed by atoms with van der Waals surface area (Å²) >= 11 is 1.54. The summed E-state index contributed by atoms with van der Waals surface area (Å²) in [6.45, 7) is 0.474. The van der Waals surface area contributed by atoms with Crippen LogP contribution in [0, 0.1) is 0 Å². The number of hydrogen-bond donors (Lipinski definition) is 2. The highest BCUT2D eigenvalue weighted by Gasteiger charge is 2.07. The van der Waals surface area contributed by atoms with Crippen LogP contribution in [0.25, 0.3) is 0 Å². The van der Waals surface area contributed by atoms with Gasteiger partial charge in [0, 0.05) is 23.5 Å². The second kappa shape index (κ2) is 11.1. The second-order valence-corrected chi connectivity index (χ2v) is 7.62. The molecule has 0 saturated heterocycles. The maximum absolute atomic E-state index is 12.3. The molecule has 3 rings (SSSR count). The molecule has 3 aromatic carbocycles. The number of nitrogens with one attached hydrogen (secondary N) is 2. The van der Waals surface area contributed by atoms with Crippen molar-refractivity contribution >= 4 is 29.3 Å². The van der Waals surface area contributed by atoms with E-state index in [1.54, 1.807) is 19.2 Å². The zero-order valence-electron chi connectivity index (χ0n) is 16.8. The van der Waals surface area contributed by atoms with E-state index >= 15 is 0 Å². The molecular formula is C24H24N2O3S. The largest absolute Gasteiger partial charge is 0.497 e. The minimum absolute atomic E-state index is 0.0123. The summed E-state index contributed by atoms with van der Waals surface area (Å²) in [5.41, 5.74) is 3.43. The second-order valence-electron chi connectivity index (χ2n) is 6.64. The van der Waals surface area contributed by atoms with Gasteiger partial charge in [-0.05, 0) is 47.5 Å². The molecule has 0 heterocycles. The molecule has 0 unspecified atom stereocenters. The predicted octanol–water partition coefficient (Wildman–Crippen LogP) is 4.50. The molecule has 0 saturated carbocycles. The first-order chi connectivity index (χ1) is 14.6. The smallest absolute Gasteiger partial charge is 0.255 e. The van der Waals surface area contributed by atoms with Crippen molar-refractivity contribution in [2.45, 2.75) is 12.3 Å². The van der Waals surface area contributed by atoms with Gasteiger partial charge in [0.25, 0.3) is 5.91 Å². The van der Waals surface area contributed by atoms with Gasteiger partial charge < -0.3 is 15.4 Å². The normalized spacial score (nSPS) is 10.3. The first kappa shape index (κ1) is 21.5. The number of methoxy groups -OCH3 is 1. The standard InChI is InChI=1S/C24H24N2O3S/c1-29-22-9-5-6-19(14-22)15-25-23(27)17-30-16-18-10-12-20(13-11-18)24(28)26-21-7-3-2-4-8-21/h2-14H,15-17H2,1H3,(H,25,27)(H,26,28). The highest BCUT2D eigenvalue weighted by molar-refractivity contribution is 7.99. The maximum Gasteiger partial charge on any atom is 0.255 e. The van der Waals surface area contributed by atoms with Crippen molar-refractivity contribution < 1.29 is 14.3 Å².